The maximum atomic E-state index is 12.1. The van der Waals surface area contributed by atoms with E-state index >= 15 is 0 Å². The molecular formula is C15H22N2O4. The van der Waals surface area contributed by atoms with Gasteiger partial charge in [-0.2, -0.15) is 0 Å². The molecule has 6 heteroatoms. The first-order chi connectivity index (χ1) is 9.87. The summed E-state index contributed by atoms with van der Waals surface area (Å²) >= 11 is 0. The minimum Gasteiger partial charge on any atom is -0.503 e. The largest absolute Gasteiger partial charge is 0.503 e. The molecule has 0 bridgehead atoms. The van der Waals surface area contributed by atoms with Gasteiger partial charge in [-0.25, -0.2) is 9.78 Å². The van der Waals surface area contributed by atoms with E-state index in [0.717, 1.165) is 12.8 Å². The average Bonchev–Trinajstić information content (AvgIpc) is 2.84. The van der Waals surface area contributed by atoms with Crippen molar-refractivity contribution in [1.29, 1.82) is 0 Å². The van der Waals surface area contributed by atoms with Gasteiger partial charge >= 0.3 is 6.09 Å². The number of ether oxygens (including phenoxy) is 2. The summed E-state index contributed by atoms with van der Waals surface area (Å²) in [6.07, 6.45) is 3.00. The van der Waals surface area contributed by atoms with Crippen LogP contribution in [0.5, 0.6) is 11.6 Å². The van der Waals surface area contributed by atoms with Gasteiger partial charge in [0.05, 0.1) is 6.04 Å². The van der Waals surface area contributed by atoms with Crippen molar-refractivity contribution in [3.05, 3.63) is 18.3 Å². The summed E-state index contributed by atoms with van der Waals surface area (Å²) in [4.78, 5) is 17.8. The first-order valence-corrected chi connectivity index (χ1v) is 7.13. The number of aromatic nitrogens is 1. The number of likely N-dealkylation sites (tertiary alicyclic amines) is 1. The van der Waals surface area contributed by atoms with Crippen LogP contribution in [-0.4, -0.2) is 45.9 Å². The number of nitrogens with zero attached hydrogens (tertiary/aromatic N) is 2. The molecule has 0 aromatic carbocycles. The summed E-state index contributed by atoms with van der Waals surface area (Å²) in [7, 11) is 0. The average molecular weight is 294 g/mol. The van der Waals surface area contributed by atoms with Gasteiger partial charge in [0.1, 0.15) is 12.2 Å². The third-order valence-electron chi connectivity index (χ3n) is 3.17. The highest BCUT2D eigenvalue weighted by Crippen LogP contribution is 2.25. The summed E-state index contributed by atoms with van der Waals surface area (Å²) < 4.78 is 10.9. The highest BCUT2D eigenvalue weighted by atomic mass is 16.6. The van der Waals surface area contributed by atoms with E-state index in [1.807, 2.05) is 20.8 Å². The van der Waals surface area contributed by atoms with Crippen LogP contribution in [0.15, 0.2) is 18.3 Å². The predicted octanol–water partition coefficient (Wildman–Crippen LogP) is 2.57. The highest BCUT2D eigenvalue weighted by molar-refractivity contribution is 5.69. The fraction of sp³-hybridized carbons (Fsp3) is 0.600. The van der Waals surface area contributed by atoms with E-state index in [0.29, 0.717) is 13.2 Å². The van der Waals surface area contributed by atoms with Crippen molar-refractivity contribution >= 4 is 6.09 Å². The Labute approximate surface area is 124 Å². The van der Waals surface area contributed by atoms with Gasteiger partial charge in [-0.05, 0) is 45.7 Å². The Hall–Kier alpha value is -1.98. The number of carbonyl (C=O) groups excluding carboxylic acids is 1. The van der Waals surface area contributed by atoms with Crippen molar-refractivity contribution in [2.75, 3.05) is 13.2 Å². The van der Waals surface area contributed by atoms with Gasteiger partial charge in [0, 0.05) is 12.7 Å². The van der Waals surface area contributed by atoms with Crippen LogP contribution in [0.25, 0.3) is 0 Å². The molecule has 2 heterocycles. The fourth-order valence-electron chi connectivity index (χ4n) is 2.24. The molecule has 0 spiro atoms. The Morgan fingerprint density at radius 1 is 1.52 bits per heavy atom. The van der Waals surface area contributed by atoms with Crippen molar-refractivity contribution in [3.63, 3.8) is 0 Å². The van der Waals surface area contributed by atoms with Crippen LogP contribution in [0.2, 0.25) is 0 Å². The van der Waals surface area contributed by atoms with Crippen LogP contribution in [0.1, 0.15) is 33.6 Å². The van der Waals surface area contributed by atoms with Gasteiger partial charge in [-0.3, -0.25) is 0 Å². The van der Waals surface area contributed by atoms with Crippen LogP contribution >= 0.6 is 0 Å². The Morgan fingerprint density at radius 2 is 2.29 bits per heavy atom. The van der Waals surface area contributed by atoms with E-state index in [1.54, 1.807) is 17.2 Å². The summed E-state index contributed by atoms with van der Waals surface area (Å²) in [5.41, 5.74) is -0.510. The molecule has 1 aliphatic rings. The van der Waals surface area contributed by atoms with Gasteiger partial charge in [0.15, 0.2) is 5.75 Å². The lowest BCUT2D eigenvalue weighted by molar-refractivity contribution is 0.0185. The molecule has 0 radical (unpaired) electrons. The zero-order chi connectivity index (χ0) is 15.5. The SMILES string of the molecule is CC(C)(C)OC(=O)N1CCC[C@@H]1COc1ncccc1O. The molecule has 1 saturated heterocycles. The van der Waals surface area contributed by atoms with E-state index in [1.165, 1.54) is 6.07 Å². The van der Waals surface area contributed by atoms with Gasteiger partial charge in [-0.15, -0.1) is 0 Å². The monoisotopic (exact) mass is 294 g/mol. The topological polar surface area (TPSA) is 71.9 Å². The van der Waals surface area contributed by atoms with Crippen LogP contribution in [0.3, 0.4) is 0 Å². The van der Waals surface area contributed by atoms with E-state index in [4.69, 9.17) is 9.47 Å². The van der Waals surface area contributed by atoms with Gasteiger partial charge in [0.25, 0.3) is 5.88 Å². The lowest BCUT2D eigenvalue weighted by Crippen LogP contribution is -2.42. The first-order valence-electron chi connectivity index (χ1n) is 7.13. The molecule has 6 nitrogen and oxygen atoms in total. The molecule has 21 heavy (non-hydrogen) atoms. The smallest absolute Gasteiger partial charge is 0.410 e. The first kappa shape index (κ1) is 15.4. The van der Waals surface area contributed by atoms with Crippen LogP contribution in [-0.2, 0) is 4.74 Å². The van der Waals surface area contributed by atoms with Gasteiger partial charge < -0.3 is 19.5 Å². The molecule has 1 aromatic heterocycles. The van der Waals surface area contributed by atoms with Crippen LogP contribution in [0, 0.1) is 0 Å². The van der Waals surface area contributed by atoms with E-state index in [9.17, 15) is 9.90 Å². The number of amides is 1. The number of aromatic hydroxyl groups is 1. The molecule has 0 saturated carbocycles. The Bertz CT molecular complexity index is 499. The zero-order valence-electron chi connectivity index (χ0n) is 12.7. The number of rotatable bonds is 3. The second-order valence-corrected chi connectivity index (χ2v) is 6.11. The second kappa shape index (κ2) is 6.20. The van der Waals surface area contributed by atoms with Gasteiger partial charge in [0.2, 0.25) is 0 Å². The molecule has 0 unspecified atom stereocenters. The summed E-state index contributed by atoms with van der Waals surface area (Å²) in [5, 5.41) is 9.62. The molecule has 1 N–H and O–H groups in total. The standard InChI is InChI=1S/C15H22N2O4/c1-15(2,3)21-14(19)17-9-5-6-11(17)10-20-13-12(18)7-4-8-16-13/h4,7-8,11,18H,5-6,9-10H2,1-3H3/t11-/m1/s1. The van der Waals surface area contributed by atoms with E-state index in [-0.39, 0.29) is 23.8 Å². The Morgan fingerprint density at radius 3 is 2.95 bits per heavy atom. The molecule has 1 amide bonds. The third kappa shape index (κ3) is 4.24. The minimum absolute atomic E-state index is 0.000634. The quantitative estimate of drug-likeness (QED) is 0.927. The molecule has 1 fully saturated rings. The summed E-state index contributed by atoms with van der Waals surface area (Å²) in [5.74, 6) is 0.188. The molecule has 116 valence electrons. The maximum Gasteiger partial charge on any atom is 0.410 e. The highest BCUT2D eigenvalue weighted by Gasteiger charge is 2.32. The van der Waals surface area contributed by atoms with Crippen molar-refractivity contribution in [3.8, 4) is 11.6 Å². The molecule has 1 aliphatic heterocycles. The van der Waals surface area contributed by atoms with Crippen molar-refractivity contribution < 1.29 is 19.4 Å². The van der Waals surface area contributed by atoms with Crippen molar-refractivity contribution in [2.45, 2.75) is 45.3 Å². The number of carbonyl (C=O) groups is 1. The summed E-state index contributed by atoms with van der Waals surface area (Å²) in [6, 6.07) is 3.09. The molecule has 1 aromatic rings. The predicted molar refractivity (Wildman–Crippen MR) is 77.4 cm³/mol. The minimum atomic E-state index is -0.510. The number of hydrogen-bond acceptors (Lipinski definition) is 5. The number of hydrogen-bond donors (Lipinski definition) is 1. The lowest BCUT2D eigenvalue weighted by atomic mass is 10.2. The molecule has 0 aliphatic carbocycles. The van der Waals surface area contributed by atoms with Crippen molar-refractivity contribution in [1.82, 2.24) is 9.88 Å². The molecule has 2 rings (SSSR count). The van der Waals surface area contributed by atoms with Crippen LogP contribution < -0.4 is 4.74 Å². The summed E-state index contributed by atoms with van der Waals surface area (Å²) in [6.45, 7) is 6.50. The Kier molecular flexibility index (Phi) is 4.55. The van der Waals surface area contributed by atoms with E-state index in [2.05, 4.69) is 4.98 Å². The Balaban J connectivity index is 1.93. The van der Waals surface area contributed by atoms with E-state index < -0.39 is 5.60 Å². The molecule has 1 atom stereocenters. The van der Waals surface area contributed by atoms with Crippen LogP contribution in [0.4, 0.5) is 4.79 Å². The second-order valence-electron chi connectivity index (χ2n) is 6.11. The van der Waals surface area contributed by atoms with Crippen molar-refractivity contribution in [2.24, 2.45) is 0 Å². The number of pyridine rings is 1. The maximum absolute atomic E-state index is 12.1. The zero-order valence-corrected chi connectivity index (χ0v) is 12.7. The third-order valence-corrected chi connectivity index (χ3v) is 3.17. The normalized spacial score (nSPS) is 18.6. The van der Waals surface area contributed by atoms with Gasteiger partial charge in [-0.1, -0.05) is 0 Å². The lowest BCUT2D eigenvalue weighted by Gasteiger charge is -2.28. The fourth-order valence-corrected chi connectivity index (χ4v) is 2.24. The molecular weight excluding hydrogens is 272 g/mol.